The molecule has 3 rings (SSSR count). The van der Waals surface area contributed by atoms with Crippen LogP contribution in [0.2, 0.25) is 0 Å². The van der Waals surface area contributed by atoms with E-state index in [4.69, 9.17) is 0 Å². The van der Waals surface area contributed by atoms with Crippen LogP contribution in [0, 0.1) is 0 Å². The SMILES string of the molecule is C=CCc1ccc(-c2cc(CCCCCC(C)F)ccc2-c2cccnc2)cc1. The highest BCUT2D eigenvalue weighted by Crippen LogP contribution is 2.33. The van der Waals surface area contributed by atoms with E-state index in [-0.39, 0.29) is 0 Å². The molecule has 0 spiro atoms. The van der Waals surface area contributed by atoms with Crippen molar-refractivity contribution in [1.82, 2.24) is 4.98 Å². The highest BCUT2D eigenvalue weighted by Gasteiger charge is 2.09. The normalized spacial score (nSPS) is 11.9. The number of halogens is 1. The van der Waals surface area contributed by atoms with Gasteiger partial charge in [0.25, 0.3) is 0 Å². The van der Waals surface area contributed by atoms with E-state index in [9.17, 15) is 4.39 Å². The zero-order chi connectivity index (χ0) is 20.5. The fraction of sp³-hybridized carbons (Fsp3) is 0.296. The molecule has 0 N–H and O–H groups in total. The molecular formula is C27H30FN. The molecule has 0 radical (unpaired) electrons. The molecule has 29 heavy (non-hydrogen) atoms. The summed E-state index contributed by atoms with van der Waals surface area (Å²) >= 11 is 0. The van der Waals surface area contributed by atoms with Crippen LogP contribution in [0.4, 0.5) is 4.39 Å². The predicted octanol–water partition coefficient (Wildman–Crippen LogP) is 7.61. The van der Waals surface area contributed by atoms with Gasteiger partial charge in [0, 0.05) is 18.0 Å². The largest absolute Gasteiger partial charge is 0.264 e. The first-order valence-corrected chi connectivity index (χ1v) is 10.5. The first kappa shape index (κ1) is 21.0. The van der Waals surface area contributed by atoms with Gasteiger partial charge in [-0.15, -0.1) is 6.58 Å². The maximum Gasteiger partial charge on any atom is 0.0973 e. The predicted molar refractivity (Wildman–Crippen MR) is 122 cm³/mol. The maximum absolute atomic E-state index is 13.0. The summed E-state index contributed by atoms with van der Waals surface area (Å²) in [4.78, 5) is 4.30. The molecule has 0 fully saturated rings. The van der Waals surface area contributed by atoms with E-state index in [0.717, 1.165) is 37.7 Å². The molecule has 1 heterocycles. The van der Waals surface area contributed by atoms with Crippen LogP contribution >= 0.6 is 0 Å². The molecule has 0 bridgehead atoms. The molecule has 3 aromatic rings. The molecule has 0 aliphatic rings. The fourth-order valence-corrected chi connectivity index (χ4v) is 3.68. The van der Waals surface area contributed by atoms with E-state index in [0.29, 0.717) is 6.42 Å². The number of aromatic nitrogens is 1. The first-order chi connectivity index (χ1) is 14.2. The monoisotopic (exact) mass is 387 g/mol. The number of unbranched alkanes of at least 4 members (excludes halogenated alkanes) is 2. The molecule has 0 aliphatic carbocycles. The lowest BCUT2D eigenvalue weighted by Gasteiger charge is -2.13. The Labute approximate surface area is 174 Å². The summed E-state index contributed by atoms with van der Waals surface area (Å²) in [5.74, 6) is 0. The summed E-state index contributed by atoms with van der Waals surface area (Å²) < 4.78 is 13.0. The van der Waals surface area contributed by atoms with Crippen LogP contribution in [0.25, 0.3) is 22.3 Å². The van der Waals surface area contributed by atoms with Crippen LogP contribution in [-0.2, 0) is 12.8 Å². The third-order valence-electron chi connectivity index (χ3n) is 5.27. The van der Waals surface area contributed by atoms with Gasteiger partial charge in [0.1, 0.15) is 0 Å². The van der Waals surface area contributed by atoms with Crippen LogP contribution in [-0.4, -0.2) is 11.2 Å². The number of aryl methyl sites for hydroxylation is 1. The molecular weight excluding hydrogens is 357 g/mol. The zero-order valence-electron chi connectivity index (χ0n) is 17.3. The Balaban J connectivity index is 1.84. The van der Waals surface area contributed by atoms with Crippen molar-refractivity contribution in [2.45, 2.75) is 51.6 Å². The minimum Gasteiger partial charge on any atom is -0.264 e. The van der Waals surface area contributed by atoms with Crippen LogP contribution in [0.15, 0.2) is 79.6 Å². The van der Waals surface area contributed by atoms with E-state index in [1.807, 2.05) is 18.3 Å². The summed E-state index contributed by atoms with van der Waals surface area (Å²) in [6.45, 7) is 5.47. The average molecular weight is 388 g/mol. The lowest BCUT2D eigenvalue weighted by atomic mass is 9.91. The Morgan fingerprint density at radius 2 is 1.72 bits per heavy atom. The molecule has 1 unspecified atom stereocenters. The third-order valence-corrected chi connectivity index (χ3v) is 5.27. The van der Waals surface area contributed by atoms with E-state index >= 15 is 0 Å². The number of nitrogens with zero attached hydrogens (tertiary/aromatic N) is 1. The zero-order valence-corrected chi connectivity index (χ0v) is 17.3. The number of allylic oxidation sites excluding steroid dienone is 1. The molecule has 0 amide bonds. The van der Waals surface area contributed by atoms with Gasteiger partial charge < -0.3 is 0 Å². The molecule has 1 atom stereocenters. The number of alkyl halides is 1. The van der Waals surface area contributed by atoms with Gasteiger partial charge in [-0.05, 0) is 66.5 Å². The smallest absolute Gasteiger partial charge is 0.0973 e. The molecule has 0 aliphatic heterocycles. The van der Waals surface area contributed by atoms with Gasteiger partial charge in [-0.3, -0.25) is 4.98 Å². The van der Waals surface area contributed by atoms with Crippen molar-refractivity contribution < 1.29 is 4.39 Å². The highest BCUT2D eigenvalue weighted by molar-refractivity contribution is 5.83. The van der Waals surface area contributed by atoms with Crippen LogP contribution in [0.3, 0.4) is 0 Å². The van der Waals surface area contributed by atoms with E-state index < -0.39 is 6.17 Å². The number of hydrogen-bond donors (Lipinski definition) is 0. The number of hydrogen-bond acceptors (Lipinski definition) is 1. The van der Waals surface area contributed by atoms with E-state index in [2.05, 4.69) is 60.1 Å². The summed E-state index contributed by atoms with van der Waals surface area (Å²) in [7, 11) is 0. The second-order valence-corrected chi connectivity index (χ2v) is 7.69. The van der Waals surface area contributed by atoms with Crippen LogP contribution in [0.1, 0.15) is 43.7 Å². The van der Waals surface area contributed by atoms with Crippen molar-refractivity contribution in [2.75, 3.05) is 0 Å². The van der Waals surface area contributed by atoms with Gasteiger partial charge in [-0.25, -0.2) is 4.39 Å². The molecule has 2 aromatic carbocycles. The van der Waals surface area contributed by atoms with Gasteiger partial charge >= 0.3 is 0 Å². The van der Waals surface area contributed by atoms with E-state index in [1.165, 1.54) is 27.8 Å². The van der Waals surface area contributed by atoms with Gasteiger partial charge in [-0.2, -0.15) is 0 Å². The summed E-state index contributed by atoms with van der Waals surface area (Å²) in [6, 6.07) is 19.6. The fourth-order valence-electron chi connectivity index (χ4n) is 3.68. The standard InChI is InChI=1S/C27H30FN/c1-3-8-22-12-15-24(16-13-22)27-19-23(10-6-4-5-9-21(2)28)14-17-26(27)25-11-7-18-29-20-25/h3,7,11-21H,1,4-6,8-10H2,2H3. The Hall–Kier alpha value is -2.74. The molecule has 150 valence electrons. The van der Waals surface area contributed by atoms with Crippen molar-refractivity contribution in [1.29, 1.82) is 0 Å². The summed E-state index contributed by atoms with van der Waals surface area (Å²) in [5.41, 5.74) is 7.37. The van der Waals surface area contributed by atoms with Crippen molar-refractivity contribution in [3.05, 3.63) is 90.8 Å². The number of benzene rings is 2. The highest BCUT2D eigenvalue weighted by atomic mass is 19.1. The third kappa shape index (κ3) is 6.12. The Bertz CT molecular complexity index is 898. The lowest BCUT2D eigenvalue weighted by molar-refractivity contribution is 0.330. The first-order valence-electron chi connectivity index (χ1n) is 10.5. The number of rotatable bonds is 10. The van der Waals surface area contributed by atoms with Gasteiger partial charge in [0.05, 0.1) is 6.17 Å². The summed E-state index contributed by atoms with van der Waals surface area (Å²) in [5, 5.41) is 0. The van der Waals surface area contributed by atoms with Crippen LogP contribution < -0.4 is 0 Å². The van der Waals surface area contributed by atoms with E-state index in [1.54, 1.807) is 13.1 Å². The van der Waals surface area contributed by atoms with Crippen molar-refractivity contribution in [3.8, 4) is 22.3 Å². The minimum absolute atomic E-state index is 0.669. The molecule has 0 saturated carbocycles. The van der Waals surface area contributed by atoms with Gasteiger partial charge in [0.15, 0.2) is 0 Å². The Morgan fingerprint density at radius 3 is 2.41 bits per heavy atom. The maximum atomic E-state index is 13.0. The topological polar surface area (TPSA) is 12.9 Å². The minimum atomic E-state index is -0.690. The molecule has 1 nitrogen and oxygen atoms in total. The van der Waals surface area contributed by atoms with Crippen molar-refractivity contribution >= 4 is 0 Å². The van der Waals surface area contributed by atoms with Crippen molar-refractivity contribution in [3.63, 3.8) is 0 Å². The summed E-state index contributed by atoms with van der Waals surface area (Å²) in [6.07, 6.45) is 10.7. The molecule has 1 aromatic heterocycles. The van der Waals surface area contributed by atoms with Crippen molar-refractivity contribution in [2.24, 2.45) is 0 Å². The second-order valence-electron chi connectivity index (χ2n) is 7.69. The molecule has 2 heteroatoms. The van der Waals surface area contributed by atoms with Crippen LogP contribution in [0.5, 0.6) is 0 Å². The van der Waals surface area contributed by atoms with Gasteiger partial charge in [0.2, 0.25) is 0 Å². The number of pyridine rings is 1. The lowest BCUT2D eigenvalue weighted by Crippen LogP contribution is -1.94. The quantitative estimate of drug-likeness (QED) is 0.258. The second kappa shape index (κ2) is 10.7. The average Bonchev–Trinajstić information content (AvgIpc) is 2.75. The van der Waals surface area contributed by atoms with Gasteiger partial charge in [-0.1, -0.05) is 67.4 Å². The molecule has 0 saturated heterocycles. The Kier molecular flexibility index (Phi) is 7.75. The Morgan fingerprint density at radius 1 is 0.931 bits per heavy atom.